The summed E-state index contributed by atoms with van der Waals surface area (Å²) in [5.74, 6) is 0.000626. The number of piperidine rings is 2. The van der Waals surface area contributed by atoms with E-state index < -0.39 is 11.9 Å². The molecule has 1 N–H and O–H groups in total. The van der Waals surface area contributed by atoms with Gasteiger partial charge in [0.05, 0.1) is 6.54 Å². The van der Waals surface area contributed by atoms with E-state index in [4.69, 9.17) is 4.74 Å². The molecule has 4 aliphatic rings. The van der Waals surface area contributed by atoms with Crippen molar-refractivity contribution in [1.82, 2.24) is 24.9 Å². The monoisotopic (exact) mass is 483 g/mol. The molecule has 5 rings (SSSR count). The maximum absolute atomic E-state index is 12.9. The maximum atomic E-state index is 12.9. The van der Waals surface area contributed by atoms with Crippen molar-refractivity contribution in [3.8, 4) is 5.75 Å². The first-order chi connectivity index (χ1) is 16.9. The van der Waals surface area contributed by atoms with Crippen LogP contribution in [0.25, 0.3) is 0 Å². The van der Waals surface area contributed by atoms with E-state index in [0.29, 0.717) is 43.9 Å². The number of nitrogens with one attached hydrogen (secondary N) is 1. The minimum Gasteiger partial charge on any atom is -0.490 e. The van der Waals surface area contributed by atoms with Gasteiger partial charge in [0, 0.05) is 70.6 Å². The molecular formula is C25H33N5O5. The third kappa shape index (κ3) is 5.18. The van der Waals surface area contributed by atoms with Crippen LogP contribution in [-0.2, 0) is 20.9 Å². The summed E-state index contributed by atoms with van der Waals surface area (Å²) < 4.78 is 6.21. The molecule has 3 saturated heterocycles. The highest BCUT2D eigenvalue weighted by Crippen LogP contribution is 2.31. The largest absolute Gasteiger partial charge is 0.490 e. The lowest BCUT2D eigenvalue weighted by Gasteiger charge is -2.36. The normalized spacial score (nSPS) is 24.5. The van der Waals surface area contributed by atoms with Crippen LogP contribution in [-0.4, -0.2) is 108 Å². The lowest BCUT2D eigenvalue weighted by Crippen LogP contribution is -2.52. The van der Waals surface area contributed by atoms with E-state index in [1.807, 2.05) is 11.0 Å². The van der Waals surface area contributed by atoms with E-state index in [-0.39, 0.29) is 30.2 Å². The molecule has 4 amide bonds. The quantitative estimate of drug-likeness (QED) is 0.591. The fraction of sp³-hybridized carbons (Fsp3) is 0.600. The molecule has 1 aromatic carbocycles. The molecule has 0 aromatic heterocycles. The third-order valence-electron chi connectivity index (χ3n) is 7.55. The SMILES string of the molecule is CN1CCN(CC(=O)N2CCC(Oc3ccc4c(c3)CN(C3CCC(=O)NC3=O)C4=O)CC2)CC1. The highest BCUT2D eigenvalue weighted by Gasteiger charge is 2.39. The number of likely N-dealkylation sites (N-methyl/N-ethyl adjacent to an activating group) is 1. The molecule has 0 spiro atoms. The van der Waals surface area contributed by atoms with Crippen LogP contribution in [0, 0.1) is 0 Å². The van der Waals surface area contributed by atoms with Gasteiger partial charge in [-0.15, -0.1) is 0 Å². The van der Waals surface area contributed by atoms with Gasteiger partial charge in [-0.25, -0.2) is 0 Å². The number of rotatable bonds is 5. The van der Waals surface area contributed by atoms with Crippen LogP contribution in [0.4, 0.5) is 0 Å². The average molecular weight is 484 g/mol. The molecule has 10 nitrogen and oxygen atoms in total. The van der Waals surface area contributed by atoms with Gasteiger partial charge in [0.2, 0.25) is 17.7 Å². The summed E-state index contributed by atoms with van der Waals surface area (Å²) in [4.78, 5) is 57.3. The van der Waals surface area contributed by atoms with E-state index in [9.17, 15) is 19.2 Å². The van der Waals surface area contributed by atoms with Crippen LogP contribution >= 0.6 is 0 Å². The van der Waals surface area contributed by atoms with Crippen molar-refractivity contribution >= 4 is 23.6 Å². The number of nitrogens with zero attached hydrogens (tertiary/aromatic N) is 4. The summed E-state index contributed by atoms with van der Waals surface area (Å²) in [6, 6.07) is 4.82. The number of carbonyl (C=O) groups is 4. The van der Waals surface area contributed by atoms with Gasteiger partial charge in [-0.05, 0) is 37.2 Å². The van der Waals surface area contributed by atoms with Crippen LogP contribution < -0.4 is 10.1 Å². The third-order valence-corrected chi connectivity index (χ3v) is 7.55. The second-order valence-corrected chi connectivity index (χ2v) is 10.00. The number of hydrogen-bond acceptors (Lipinski definition) is 7. The van der Waals surface area contributed by atoms with E-state index in [0.717, 1.165) is 44.6 Å². The first kappa shape index (κ1) is 23.7. The molecule has 1 unspecified atom stereocenters. The Morgan fingerprint density at radius 2 is 1.77 bits per heavy atom. The van der Waals surface area contributed by atoms with Crippen molar-refractivity contribution in [3.63, 3.8) is 0 Å². The smallest absolute Gasteiger partial charge is 0.255 e. The van der Waals surface area contributed by atoms with Crippen molar-refractivity contribution in [2.75, 3.05) is 52.9 Å². The molecule has 35 heavy (non-hydrogen) atoms. The average Bonchev–Trinajstić information content (AvgIpc) is 3.16. The zero-order valence-electron chi connectivity index (χ0n) is 20.2. The molecule has 3 fully saturated rings. The van der Waals surface area contributed by atoms with Crippen LogP contribution in [0.5, 0.6) is 5.75 Å². The van der Waals surface area contributed by atoms with Crippen molar-refractivity contribution in [2.45, 2.75) is 44.4 Å². The van der Waals surface area contributed by atoms with Gasteiger partial charge >= 0.3 is 0 Å². The standard InChI is InChI=1S/C25H33N5O5/c1-27-10-12-28(13-11-27)16-23(32)29-8-6-18(7-9-29)35-19-2-3-20-17(14-19)15-30(25(20)34)21-4-5-22(31)26-24(21)33/h2-3,14,18,21H,4-13,15-16H2,1H3,(H,26,31,33). The van der Waals surface area contributed by atoms with Gasteiger partial charge in [-0.2, -0.15) is 0 Å². The zero-order chi connectivity index (χ0) is 24.5. The highest BCUT2D eigenvalue weighted by molar-refractivity contribution is 6.05. The molecule has 0 aliphatic carbocycles. The van der Waals surface area contributed by atoms with Crippen LogP contribution in [0.2, 0.25) is 0 Å². The number of piperazine rings is 1. The summed E-state index contributed by atoms with van der Waals surface area (Å²) in [6.45, 7) is 6.06. The van der Waals surface area contributed by atoms with Crippen LogP contribution in [0.3, 0.4) is 0 Å². The summed E-state index contributed by atoms with van der Waals surface area (Å²) in [7, 11) is 2.11. The van der Waals surface area contributed by atoms with Crippen molar-refractivity contribution in [3.05, 3.63) is 29.3 Å². The minimum atomic E-state index is -0.621. The molecule has 4 aliphatic heterocycles. The van der Waals surface area contributed by atoms with Gasteiger partial charge in [0.15, 0.2) is 0 Å². The summed E-state index contributed by atoms with van der Waals surface area (Å²) in [5.41, 5.74) is 1.41. The number of benzene rings is 1. The Kier molecular flexibility index (Phi) is 6.75. The van der Waals surface area contributed by atoms with E-state index in [2.05, 4.69) is 22.2 Å². The van der Waals surface area contributed by atoms with E-state index >= 15 is 0 Å². The molecule has 1 atom stereocenters. The lowest BCUT2D eigenvalue weighted by atomic mass is 10.0. The van der Waals surface area contributed by atoms with Crippen molar-refractivity contribution < 1.29 is 23.9 Å². The molecule has 188 valence electrons. The fourth-order valence-electron chi connectivity index (χ4n) is 5.34. The Morgan fingerprint density at radius 1 is 1.03 bits per heavy atom. The number of ether oxygens (including phenoxy) is 1. The Hall–Kier alpha value is -2.98. The van der Waals surface area contributed by atoms with Crippen LogP contribution in [0.1, 0.15) is 41.6 Å². The summed E-state index contributed by atoms with van der Waals surface area (Å²) in [5, 5.41) is 2.33. The molecule has 0 radical (unpaired) electrons. The second-order valence-electron chi connectivity index (χ2n) is 10.00. The van der Waals surface area contributed by atoms with Gasteiger partial charge < -0.3 is 19.4 Å². The molecule has 4 heterocycles. The second kappa shape index (κ2) is 9.94. The van der Waals surface area contributed by atoms with E-state index in [1.165, 1.54) is 0 Å². The van der Waals surface area contributed by atoms with Gasteiger partial charge in [-0.3, -0.25) is 29.4 Å². The summed E-state index contributed by atoms with van der Waals surface area (Å²) in [6.07, 6.45) is 2.14. The number of fused-ring (bicyclic) bond motifs is 1. The van der Waals surface area contributed by atoms with Gasteiger partial charge in [0.1, 0.15) is 17.9 Å². The highest BCUT2D eigenvalue weighted by atomic mass is 16.5. The van der Waals surface area contributed by atoms with Crippen LogP contribution in [0.15, 0.2) is 18.2 Å². The Morgan fingerprint density at radius 3 is 2.49 bits per heavy atom. The van der Waals surface area contributed by atoms with E-state index in [1.54, 1.807) is 17.0 Å². The first-order valence-electron chi connectivity index (χ1n) is 12.5. The number of carbonyl (C=O) groups excluding carboxylic acids is 4. The van der Waals surface area contributed by atoms with Gasteiger partial charge in [-0.1, -0.05) is 0 Å². The Balaban J connectivity index is 1.12. The molecule has 10 heteroatoms. The Labute approximate surface area is 205 Å². The number of hydrogen-bond donors (Lipinski definition) is 1. The predicted molar refractivity (Wildman–Crippen MR) is 127 cm³/mol. The molecule has 0 saturated carbocycles. The van der Waals surface area contributed by atoms with Crippen molar-refractivity contribution in [2.24, 2.45) is 0 Å². The molecule has 0 bridgehead atoms. The maximum Gasteiger partial charge on any atom is 0.255 e. The zero-order valence-corrected chi connectivity index (χ0v) is 20.2. The number of imide groups is 1. The summed E-state index contributed by atoms with van der Waals surface area (Å²) >= 11 is 0. The van der Waals surface area contributed by atoms with Crippen molar-refractivity contribution in [1.29, 1.82) is 0 Å². The number of likely N-dealkylation sites (tertiary alicyclic amines) is 1. The lowest BCUT2D eigenvalue weighted by molar-refractivity contribution is -0.137. The Bertz CT molecular complexity index is 1010. The topological polar surface area (TPSA) is 102 Å². The fourth-order valence-corrected chi connectivity index (χ4v) is 5.34. The molecule has 1 aromatic rings. The van der Waals surface area contributed by atoms with Gasteiger partial charge in [0.25, 0.3) is 5.91 Å². The number of amides is 4. The molecular weight excluding hydrogens is 450 g/mol. The minimum absolute atomic E-state index is 0.0177. The predicted octanol–water partition coefficient (Wildman–Crippen LogP) is 0.0648. The first-order valence-corrected chi connectivity index (χ1v) is 12.5.